The van der Waals surface area contributed by atoms with Crippen molar-refractivity contribution in [2.24, 2.45) is 5.41 Å². The van der Waals surface area contributed by atoms with Gasteiger partial charge in [-0.15, -0.1) is 11.8 Å². The molecule has 1 aliphatic carbocycles. The highest BCUT2D eigenvalue weighted by Gasteiger charge is 2.58. The zero-order chi connectivity index (χ0) is 14.1. The van der Waals surface area contributed by atoms with Crippen LogP contribution in [0.5, 0.6) is 0 Å². The van der Waals surface area contributed by atoms with Crippen LogP contribution in [0.15, 0.2) is 29.2 Å². The van der Waals surface area contributed by atoms with Crippen LogP contribution in [-0.2, 0) is 4.79 Å². The molecule has 0 aromatic heterocycles. The number of aryl methyl sites for hydroxylation is 1. The summed E-state index contributed by atoms with van der Waals surface area (Å²) in [6.07, 6.45) is 3.74. The molecule has 0 saturated heterocycles. The molecule has 1 N–H and O–H groups in total. The zero-order valence-electron chi connectivity index (χ0n) is 11.9. The summed E-state index contributed by atoms with van der Waals surface area (Å²) in [5, 5.41) is 9.64. The van der Waals surface area contributed by atoms with E-state index in [4.69, 9.17) is 0 Å². The van der Waals surface area contributed by atoms with E-state index in [0.717, 1.165) is 30.6 Å². The van der Waals surface area contributed by atoms with E-state index in [-0.39, 0.29) is 5.41 Å². The summed E-state index contributed by atoms with van der Waals surface area (Å²) in [6.45, 7) is 6.39. The monoisotopic (exact) mass is 278 g/mol. The lowest BCUT2D eigenvalue weighted by atomic mass is 9.58. The molecule has 0 atom stereocenters. The molecule has 0 heterocycles. The van der Waals surface area contributed by atoms with E-state index in [1.807, 2.05) is 31.2 Å². The van der Waals surface area contributed by atoms with Crippen molar-refractivity contribution in [2.75, 3.05) is 0 Å². The quantitative estimate of drug-likeness (QED) is 0.861. The molecule has 104 valence electrons. The normalized spacial score (nSPS) is 19.7. The van der Waals surface area contributed by atoms with Gasteiger partial charge in [0.15, 0.2) is 0 Å². The molecule has 0 aliphatic heterocycles. The van der Waals surface area contributed by atoms with Gasteiger partial charge in [0.1, 0.15) is 4.75 Å². The van der Waals surface area contributed by atoms with Gasteiger partial charge in [-0.3, -0.25) is 4.79 Å². The van der Waals surface area contributed by atoms with Gasteiger partial charge in [0.25, 0.3) is 0 Å². The number of hydrogen-bond donors (Lipinski definition) is 1. The first-order chi connectivity index (χ1) is 8.97. The van der Waals surface area contributed by atoms with Crippen molar-refractivity contribution in [3.05, 3.63) is 29.8 Å². The minimum absolute atomic E-state index is 0.244. The SMILES string of the molecule is CCC1(CC)CC(Sc2ccccc2C)(C(=O)O)C1. The molecule has 19 heavy (non-hydrogen) atoms. The summed E-state index contributed by atoms with van der Waals surface area (Å²) in [7, 11) is 0. The van der Waals surface area contributed by atoms with Crippen LogP contribution in [0.25, 0.3) is 0 Å². The molecule has 1 aliphatic rings. The van der Waals surface area contributed by atoms with Crippen LogP contribution in [0.2, 0.25) is 0 Å². The molecule has 0 radical (unpaired) electrons. The smallest absolute Gasteiger partial charge is 0.320 e. The Morgan fingerprint density at radius 3 is 2.32 bits per heavy atom. The molecule has 0 unspecified atom stereocenters. The average Bonchev–Trinajstić information content (AvgIpc) is 2.35. The Kier molecular flexibility index (Phi) is 3.95. The molecule has 1 aromatic carbocycles. The topological polar surface area (TPSA) is 37.3 Å². The standard InChI is InChI=1S/C16H22O2S/c1-4-15(5-2)10-16(11-15,14(17)18)19-13-9-7-6-8-12(13)3/h6-9H,4-5,10-11H2,1-3H3,(H,17,18). The fourth-order valence-corrected chi connectivity index (χ4v) is 4.70. The number of hydrogen-bond acceptors (Lipinski definition) is 2. The zero-order valence-corrected chi connectivity index (χ0v) is 12.7. The molecule has 1 fully saturated rings. The predicted molar refractivity (Wildman–Crippen MR) is 79.7 cm³/mol. The summed E-state index contributed by atoms with van der Waals surface area (Å²) >= 11 is 1.55. The lowest BCUT2D eigenvalue weighted by molar-refractivity contribution is -0.147. The van der Waals surface area contributed by atoms with E-state index in [9.17, 15) is 9.90 Å². The Balaban J connectivity index is 2.21. The van der Waals surface area contributed by atoms with E-state index in [0.29, 0.717) is 0 Å². The first-order valence-corrected chi connectivity index (χ1v) is 7.77. The van der Waals surface area contributed by atoms with Crippen LogP contribution >= 0.6 is 11.8 Å². The van der Waals surface area contributed by atoms with Crippen molar-refractivity contribution >= 4 is 17.7 Å². The van der Waals surface area contributed by atoms with Crippen LogP contribution < -0.4 is 0 Å². The molecular formula is C16H22O2S. The first kappa shape index (κ1) is 14.4. The van der Waals surface area contributed by atoms with E-state index in [2.05, 4.69) is 13.8 Å². The van der Waals surface area contributed by atoms with Crippen LogP contribution in [-0.4, -0.2) is 15.8 Å². The van der Waals surface area contributed by atoms with Crippen LogP contribution in [0.3, 0.4) is 0 Å². The lowest BCUT2D eigenvalue weighted by Gasteiger charge is -2.53. The van der Waals surface area contributed by atoms with Gasteiger partial charge in [-0.2, -0.15) is 0 Å². The maximum Gasteiger partial charge on any atom is 0.320 e. The Hall–Kier alpha value is -0.960. The number of carboxylic acid groups (broad SMARTS) is 1. The molecule has 0 bridgehead atoms. The van der Waals surface area contributed by atoms with Crippen molar-refractivity contribution in [2.45, 2.75) is 56.1 Å². The number of carboxylic acids is 1. The summed E-state index contributed by atoms with van der Waals surface area (Å²) in [5.74, 6) is -0.654. The molecule has 1 aromatic rings. The van der Waals surface area contributed by atoms with Crippen molar-refractivity contribution in [3.8, 4) is 0 Å². The minimum Gasteiger partial charge on any atom is -0.480 e. The van der Waals surface area contributed by atoms with E-state index in [1.165, 1.54) is 5.56 Å². The minimum atomic E-state index is -0.654. The number of carbonyl (C=O) groups is 1. The van der Waals surface area contributed by atoms with Gasteiger partial charge in [0, 0.05) is 4.90 Å². The van der Waals surface area contributed by atoms with Crippen LogP contribution in [0.1, 0.15) is 45.1 Å². The number of rotatable bonds is 5. The lowest BCUT2D eigenvalue weighted by Crippen LogP contribution is -2.54. The maximum absolute atomic E-state index is 11.7. The van der Waals surface area contributed by atoms with Gasteiger partial charge in [-0.1, -0.05) is 44.9 Å². The summed E-state index contributed by atoms with van der Waals surface area (Å²) < 4.78 is -0.613. The Bertz CT molecular complexity index is 469. The van der Waals surface area contributed by atoms with E-state index >= 15 is 0 Å². The molecule has 0 spiro atoms. The van der Waals surface area contributed by atoms with Crippen molar-refractivity contribution in [3.63, 3.8) is 0 Å². The van der Waals surface area contributed by atoms with Crippen molar-refractivity contribution < 1.29 is 9.90 Å². The fourth-order valence-electron chi connectivity index (χ4n) is 3.06. The third kappa shape index (κ3) is 2.53. The summed E-state index contributed by atoms with van der Waals surface area (Å²) in [4.78, 5) is 12.8. The Morgan fingerprint density at radius 1 is 1.26 bits per heavy atom. The van der Waals surface area contributed by atoms with Gasteiger partial charge in [0.2, 0.25) is 0 Å². The fraction of sp³-hybridized carbons (Fsp3) is 0.562. The van der Waals surface area contributed by atoms with Crippen molar-refractivity contribution in [1.82, 2.24) is 0 Å². The molecule has 3 heteroatoms. The van der Waals surface area contributed by atoms with Crippen LogP contribution in [0, 0.1) is 12.3 Å². The number of aliphatic carboxylic acids is 1. The summed E-state index contributed by atoms with van der Waals surface area (Å²) in [6, 6.07) is 8.05. The molecular weight excluding hydrogens is 256 g/mol. The van der Waals surface area contributed by atoms with Gasteiger partial charge >= 0.3 is 5.97 Å². The van der Waals surface area contributed by atoms with E-state index in [1.54, 1.807) is 11.8 Å². The van der Waals surface area contributed by atoms with Crippen molar-refractivity contribution in [1.29, 1.82) is 0 Å². The molecule has 0 amide bonds. The van der Waals surface area contributed by atoms with Crippen LogP contribution in [0.4, 0.5) is 0 Å². The van der Waals surface area contributed by atoms with Gasteiger partial charge in [0.05, 0.1) is 0 Å². The van der Waals surface area contributed by atoms with E-state index < -0.39 is 10.7 Å². The predicted octanol–water partition coefficient (Wildman–Crippen LogP) is 4.51. The van der Waals surface area contributed by atoms with Gasteiger partial charge < -0.3 is 5.11 Å². The largest absolute Gasteiger partial charge is 0.480 e. The second-order valence-electron chi connectivity index (χ2n) is 5.73. The third-order valence-corrected chi connectivity index (χ3v) is 6.14. The Labute approximate surface area is 119 Å². The number of thioether (sulfide) groups is 1. The molecule has 2 nitrogen and oxygen atoms in total. The van der Waals surface area contributed by atoms with Gasteiger partial charge in [-0.05, 0) is 36.8 Å². The van der Waals surface area contributed by atoms with Gasteiger partial charge in [-0.25, -0.2) is 0 Å². The highest BCUT2D eigenvalue weighted by atomic mass is 32.2. The molecule has 1 saturated carbocycles. The second kappa shape index (κ2) is 5.20. The molecule has 2 rings (SSSR count). The second-order valence-corrected chi connectivity index (χ2v) is 7.15. The first-order valence-electron chi connectivity index (χ1n) is 6.95. The number of benzene rings is 1. The third-order valence-electron chi connectivity index (χ3n) is 4.61. The maximum atomic E-state index is 11.7. The average molecular weight is 278 g/mol. The Morgan fingerprint density at radius 2 is 1.84 bits per heavy atom. The highest BCUT2D eigenvalue weighted by molar-refractivity contribution is 8.01. The summed E-state index contributed by atoms with van der Waals surface area (Å²) in [5.41, 5.74) is 1.41. The highest BCUT2D eigenvalue weighted by Crippen LogP contribution is 2.61.